The van der Waals surface area contributed by atoms with Gasteiger partial charge in [0.2, 0.25) is 0 Å². The third kappa shape index (κ3) is 7.48. The van der Waals surface area contributed by atoms with E-state index in [0.29, 0.717) is 18.5 Å². The first-order chi connectivity index (χ1) is 10.4. The van der Waals surface area contributed by atoms with Crippen molar-refractivity contribution in [2.75, 3.05) is 13.1 Å². The lowest BCUT2D eigenvalue weighted by atomic mass is 9.96. The average molecular weight is 312 g/mol. The molecule has 0 radical (unpaired) electrons. The maximum absolute atomic E-state index is 11.9. The molecular formula is C18H36N2O2. The summed E-state index contributed by atoms with van der Waals surface area (Å²) in [5.41, 5.74) is -0.435. The number of amides is 1. The van der Waals surface area contributed by atoms with E-state index in [9.17, 15) is 4.79 Å². The Morgan fingerprint density at radius 2 is 1.73 bits per heavy atom. The smallest absolute Gasteiger partial charge is 0.407 e. The van der Waals surface area contributed by atoms with Gasteiger partial charge in [-0.3, -0.25) is 0 Å². The third-order valence-electron chi connectivity index (χ3n) is 4.66. The zero-order valence-electron chi connectivity index (χ0n) is 15.2. The zero-order valence-corrected chi connectivity index (χ0v) is 15.2. The van der Waals surface area contributed by atoms with Gasteiger partial charge in [0.1, 0.15) is 5.60 Å². The van der Waals surface area contributed by atoms with Crippen molar-refractivity contribution in [1.29, 1.82) is 0 Å². The van der Waals surface area contributed by atoms with Gasteiger partial charge in [-0.15, -0.1) is 0 Å². The van der Waals surface area contributed by atoms with Crippen molar-refractivity contribution in [3.05, 3.63) is 0 Å². The predicted molar refractivity (Wildman–Crippen MR) is 92.1 cm³/mol. The molecule has 0 bridgehead atoms. The van der Waals surface area contributed by atoms with Crippen molar-refractivity contribution in [1.82, 2.24) is 10.6 Å². The molecule has 0 aromatic heterocycles. The average Bonchev–Trinajstić information content (AvgIpc) is 2.95. The van der Waals surface area contributed by atoms with Crippen molar-refractivity contribution in [3.8, 4) is 0 Å². The van der Waals surface area contributed by atoms with Gasteiger partial charge >= 0.3 is 6.09 Å². The molecule has 0 spiro atoms. The van der Waals surface area contributed by atoms with Gasteiger partial charge in [-0.1, -0.05) is 39.5 Å². The van der Waals surface area contributed by atoms with Crippen LogP contribution >= 0.6 is 0 Å². The van der Waals surface area contributed by atoms with Crippen LogP contribution in [-0.4, -0.2) is 30.8 Å². The van der Waals surface area contributed by atoms with Crippen LogP contribution in [0, 0.1) is 11.8 Å². The van der Waals surface area contributed by atoms with E-state index in [1.807, 2.05) is 20.8 Å². The van der Waals surface area contributed by atoms with E-state index in [0.717, 1.165) is 12.5 Å². The molecular weight excluding hydrogens is 276 g/mol. The second-order valence-corrected chi connectivity index (χ2v) is 7.62. The lowest BCUT2D eigenvalue weighted by Gasteiger charge is -2.28. The quantitative estimate of drug-likeness (QED) is 0.709. The second kappa shape index (κ2) is 9.39. The van der Waals surface area contributed by atoms with E-state index in [2.05, 4.69) is 24.5 Å². The Balaban J connectivity index is 2.46. The minimum atomic E-state index is -0.435. The van der Waals surface area contributed by atoms with E-state index in [4.69, 9.17) is 4.74 Å². The Kier molecular flexibility index (Phi) is 8.23. The van der Waals surface area contributed by atoms with Crippen molar-refractivity contribution in [2.45, 2.75) is 84.8 Å². The van der Waals surface area contributed by atoms with Crippen LogP contribution in [0.5, 0.6) is 0 Å². The lowest BCUT2D eigenvalue weighted by molar-refractivity contribution is 0.0517. The lowest BCUT2D eigenvalue weighted by Crippen LogP contribution is -2.47. The van der Waals surface area contributed by atoms with Gasteiger partial charge in [0.25, 0.3) is 0 Å². The van der Waals surface area contributed by atoms with Crippen molar-refractivity contribution in [2.24, 2.45) is 11.8 Å². The Hall–Kier alpha value is -0.770. The topological polar surface area (TPSA) is 50.4 Å². The summed E-state index contributed by atoms with van der Waals surface area (Å²) in [6.07, 6.45) is 7.30. The van der Waals surface area contributed by atoms with Crippen LogP contribution in [0.4, 0.5) is 4.79 Å². The predicted octanol–water partition coefficient (Wildman–Crippen LogP) is 4.10. The molecule has 1 saturated carbocycles. The number of nitrogens with one attached hydrogen (secondary N) is 2. The fraction of sp³-hybridized carbons (Fsp3) is 0.944. The van der Waals surface area contributed by atoms with Crippen LogP contribution < -0.4 is 10.6 Å². The Bertz CT molecular complexity index is 316. The molecule has 0 aromatic rings. The minimum Gasteiger partial charge on any atom is -0.444 e. The largest absolute Gasteiger partial charge is 0.444 e. The normalized spacial score (nSPS) is 17.7. The van der Waals surface area contributed by atoms with E-state index >= 15 is 0 Å². The molecule has 1 aliphatic rings. The van der Waals surface area contributed by atoms with Crippen molar-refractivity contribution < 1.29 is 9.53 Å². The van der Waals surface area contributed by atoms with Crippen LogP contribution in [0.25, 0.3) is 0 Å². The van der Waals surface area contributed by atoms with E-state index in [-0.39, 0.29) is 6.09 Å². The highest BCUT2D eigenvalue weighted by Gasteiger charge is 2.26. The van der Waals surface area contributed by atoms with Crippen LogP contribution in [0.2, 0.25) is 0 Å². The molecule has 130 valence electrons. The fourth-order valence-corrected chi connectivity index (χ4v) is 3.17. The highest BCUT2D eigenvalue weighted by molar-refractivity contribution is 5.67. The summed E-state index contributed by atoms with van der Waals surface area (Å²) in [5, 5.41) is 6.66. The molecule has 1 unspecified atom stereocenters. The van der Waals surface area contributed by atoms with Gasteiger partial charge < -0.3 is 15.4 Å². The molecule has 2 N–H and O–H groups in total. The summed E-state index contributed by atoms with van der Waals surface area (Å²) < 4.78 is 5.34. The Morgan fingerprint density at radius 1 is 1.14 bits per heavy atom. The number of hydrogen-bond acceptors (Lipinski definition) is 3. The van der Waals surface area contributed by atoms with Gasteiger partial charge in [0.15, 0.2) is 0 Å². The highest BCUT2D eigenvalue weighted by atomic mass is 16.6. The van der Waals surface area contributed by atoms with E-state index < -0.39 is 5.60 Å². The number of alkyl carbamates (subject to hydrolysis) is 1. The molecule has 1 aliphatic carbocycles. The molecule has 0 heterocycles. The maximum atomic E-state index is 11.9. The molecule has 4 nitrogen and oxygen atoms in total. The molecule has 0 aliphatic heterocycles. The van der Waals surface area contributed by atoms with Crippen LogP contribution in [0.1, 0.15) is 73.1 Å². The molecule has 0 aromatic carbocycles. The highest BCUT2D eigenvalue weighted by Crippen LogP contribution is 2.27. The first-order valence-electron chi connectivity index (χ1n) is 9.06. The third-order valence-corrected chi connectivity index (χ3v) is 4.66. The SMILES string of the molecule is CCC(CC)CNC(CNC(=O)OC(C)(C)C)C1CCCC1. The Labute approximate surface area is 136 Å². The standard InChI is InChI=1S/C18H36N2O2/c1-6-14(7-2)12-19-16(15-10-8-9-11-15)13-20-17(21)22-18(3,4)5/h14-16,19H,6-13H2,1-5H3,(H,20,21). The summed E-state index contributed by atoms with van der Waals surface area (Å²) in [7, 11) is 0. The summed E-state index contributed by atoms with van der Waals surface area (Å²) in [6, 6.07) is 0.371. The summed E-state index contributed by atoms with van der Waals surface area (Å²) >= 11 is 0. The van der Waals surface area contributed by atoms with Crippen LogP contribution in [-0.2, 0) is 4.74 Å². The second-order valence-electron chi connectivity index (χ2n) is 7.62. The van der Waals surface area contributed by atoms with Crippen molar-refractivity contribution in [3.63, 3.8) is 0 Å². The zero-order chi connectivity index (χ0) is 16.6. The number of hydrogen-bond donors (Lipinski definition) is 2. The van der Waals surface area contributed by atoms with Gasteiger partial charge in [0, 0.05) is 12.6 Å². The molecule has 1 fully saturated rings. The first kappa shape index (κ1) is 19.3. The van der Waals surface area contributed by atoms with E-state index in [1.54, 1.807) is 0 Å². The van der Waals surface area contributed by atoms with Gasteiger partial charge in [-0.25, -0.2) is 4.79 Å². The van der Waals surface area contributed by atoms with Gasteiger partial charge in [0.05, 0.1) is 0 Å². The number of rotatable bonds is 8. The van der Waals surface area contributed by atoms with E-state index in [1.165, 1.54) is 38.5 Å². The molecule has 0 saturated heterocycles. The molecule has 4 heteroatoms. The first-order valence-corrected chi connectivity index (χ1v) is 9.06. The number of carbonyl (C=O) groups excluding carboxylic acids is 1. The molecule has 1 rings (SSSR count). The maximum Gasteiger partial charge on any atom is 0.407 e. The summed E-state index contributed by atoms with van der Waals surface area (Å²) in [6.45, 7) is 11.9. The van der Waals surface area contributed by atoms with Crippen LogP contribution in [0.3, 0.4) is 0 Å². The minimum absolute atomic E-state index is 0.306. The summed E-state index contributed by atoms with van der Waals surface area (Å²) in [4.78, 5) is 11.9. The Morgan fingerprint density at radius 3 is 2.23 bits per heavy atom. The molecule has 1 atom stereocenters. The van der Waals surface area contributed by atoms with Crippen molar-refractivity contribution >= 4 is 6.09 Å². The van der Waals surface area contributed by atoms with Crippen LogP contribution in [0.15, 0.2) is 0 Å². The fourth-order valence-electron chi connectivity index (χ4n) is 3.17. The van der Waals surface area contributed by atoms with Gasteiger partial charge in [-0.2, -0.15) is 0 Å². The molecule has 1 amide bonds. The number of ether oxygens (including phenoxy) is 1. The van der Waals surface area contributed by atoms with Gasteiger partial charge in [-0.05, 0) is 52.0 Å². The molecule has 22 heavy (non-hydrogen) atoms. The monoisotopic (exact) mass is 312 g/mol. The summed E-state index contributed by atoms with van der Waals surface area (Å²) in [5.74, 6) is 1.41. The number of carbonyl (C=O) groups is 1.